The van der Waals surface area contributed by atoms with Gasteiger partial charge in [-0.1, -0.05) is 124 Å². The molecule has 0 atom stereocenters. The molecule has 3 heterocycles. The molecule has 5 heteroatoms. The van der Waals surface area contributed by atoms with E-state index in [1.807, 2.05) is 61.5 Å². The molecular weight excluding hydrogens is 589 g/mol. The molecule has 0 aliphatic heterocycles. The van der Waals surface area contributed by atoms with Gasteiger partial charge >= 0.3 is 0 Å². The standard InChI is InChI=1S/C43H32N4O/c1-5-15-33-27(6-2)28-18-10-12-22-34(28)47(33)42-45-40(26-16-8-7-9-17-26)44-41(46-42)31-20-14-21-32-37(31)30-24-25-36-38(39(30)43(32,3)4)29-19-11-13-23-35(29)48-36/h5-25H,2H2,1,3-4H3/b15-5-. The molecule has 3 aromatic heterocycles. The fourth-order valence-electron chi connectivity index (χ4n) is 7.70. The Kier molecular flexibility index (Phi) is 6.15. The predicted octanol–water partition coefficient (Wildman–Crippen LogP) is 11.0. The van der Waals surface area contributed by atoms with Gasteiger partial charge in [0.1, 0.15) is 11.2 Å². The van der Waals surface area contributed by atoms with Crippen molar-refractivity contribution in [3.8, 4) is 39.9 Å². The van der Waals surface area contributed by atoms with Crippen LogP contribution in [0, 0.1) is 0 Å². The molecule has 1 aliphatic rings. The Morgan fingerprint density at radius 3 is 2.27 bits per heavy atom. The zero-order chi connectivity index (χ0) is 32.6. The lowest BCUT2D eigenvalue weighted by Crippen LogP contribution is -2.15. The summed E-state index contributed by atoms with van der Waals surface area (Å²) in [6, 6.07) is 37.6. The average molecular weight is 621 g/mol. The van der Waals surface area contributed by atoms with Crippen LogP contribution in [0.2, 0.25) is 0 Å². The Morgan fingerprint density at radius 1 is 0.708 bits per heavy atom. The largest absolute Gasteiger partial charge is 0.456 e. The van der Waals surface area contributed by atoms with Gasteiger partial charge < -0.3 is 4.42 Å². The maximum Gasteiger partial charge on any atom is 0.238 e. The molecule has 0 spiro atoms. The first kappa shape index (κ1) is 28.2. The van der Waals surface area contributed by atoms with Crippen LogP contribution in [0.3, 0.4) is 0 Å². The molecule has 0 N–H and O–H groups in total. The molecule has 5 aromatic carbocycles. The summed E-state index contributed by atoms with van der Waals surface area (Å²) in [7, 11) is 0. The Balaban J connectivity index is 1.36. The highest BCUT2D eigenvalue weighted by Crippen LogP contribution is 2.55. The minimum absolute atomic E-state index is 0.278. The van der Waals surface area contributed by atoms with Crippen LogP contribution in [0.15, 0.2) is 126 Å². The lowest BCUT2D eigenvalue weighted by Gasteiger charge is -2.22. The normalized spacial score (nSPS) is 13.5. The third-order valence-electron chi connectivity index (χ3n) is 9.75. The van der Waals surface area contributed by atoms with Crippen molar-refractivity contribution in [3.05, 3.63) is 144 Å². The van der Waals surface area contributed by atoms with Crippen molar-refractivity contribution >= 4 is 45.0 Å². The second-order valence-electron chi connectivity index (χ2n) is 12.8. The van der Waals surface area contributed by atoms with Crippen LogP contribution in [-0.4, -0.2) is 19.5 Å². The van der Waals surface area contributed by atoms with Crippen LogP contribution in [0.25, 0.3) is 84.8 Å². The van der Waals surface area contributed by atoms with Crippen LogP contribution >= 0.6 is 0 Å². The lowest BCUT2D eigenvalue weighted by molar-refractivity contribution is 0.657. The van der Waals surface area contributed by atoms with E-state index in [4.69, 9.17) is 19.4 Å². The number of aromatic nitrogens is 4. The molecule has 48 heavy (non-hydrogen) atoms. The van der Waals surface area contributed by atoms with Crippen LogP contribution in [0.5, 0.6) is 0 Å². The van der Waals surface area contributed by atoms with E-state index < -0.39 is 0 Å². The van der Waals surface area contributed by atoms with E-state index in [0.29, 0.717) is 17.6 Å². The second kappa shape index (κ2) is 10.5. The maximum absolute atomic E-state index is 6.34. The van der Waals surface area contributed by atoms with E-state index >= 15 is 0 Å². The number of benzene rings is 5. The first-order chi connectivity index (χ1) is 23.5. The van der Waals surface area contributed by atoms with Crippen LogP contribution in [-0.2, 0) is 5.41 Å². The van der Waals surface area contributed by atoms with Crippen molar-refractivity contribution in [3.63, 3.8) is 0 Å². The highest BCUT2D eigenvalue weighted by molar-refractivity contribution is 6.12. The molecule has 1 aliphatic carbocycles. The van der Waals surface area contributed by atoms with Gasteiger partial charge in [0.2, 0.25) is 5.95 Å². The van der Waals surface area contributed by atoms with E-state index in [9.17, 15) is 0 Å². The third kappa shape index (κ3) is 3.94. The van der Waals surface area contributed by atoms with E-state index in [2.05, 4.69) is 97.8 Å². The van der Waals surface area contributed by atoms with E-state index in [0.717, 1.165) is 55.4 Å². The van der Waals surface area contributed by atoms with Crippen LogP contribution in [0.1, 0.15) is 43.2 Å². The molecule has 8 aromatic rings. The molecule has 0 saturated carbocycles. The Bertz CT molecular complexity index is 2620. The summed E-state index contributed by atoms with van der Waals surface area (Å²) in [4.78, 5) is 15.6. The zero-order valence-corrected chi connectivity index (χ0v) is 27.0. The van der Waals surface area contributed by atoms with Gasteiger partial charge in [0.15, 0.2) is 11.6 Å². The average Bonchev–Trinajstić information content (AvgIpc) is 3.73. The number of rotatable bonds is 5. The highest BCUT2D eigenvalue weighted by atomic mass is 16.3. The Hall–Kier alpha value is -6.07. The number of para-hydroxylation sites is 2. The van der Waals surface area contributed by atoms with Crippen molar-refractivity contribution in [2.24, 2.45) is 0 Å². The lowest BCUT2D eigenvalue weighted by atomic mass is 9.80. The molecule has 0 amide bonds. The molecule has 0 unspecified atom stereocenters. The van der Waals surface area contributed by atoms with Gasteiger partial charge in [0.25, 0.3) is 0 Å². The molecule has 0 saturated heterocycles. The predicted molar refractivity (Wildman–Crippen MR) is 197 cm³/mol. The molecule has 230 valence electrons. The molecular formula is C43H32N4O. The SMILES string of the molecule is C=Cc1c(/C=C\C)n(-c2nc(-c3ccccc3)nc(-c3cccc4c3-c3ccc5oc6ccccc6c5c3C4(C)C)n2)c2ccccc12. The van der Waals surface area contributed by atoms with Gasteiger partial charge in [-0.3, -0.25) is 4.57 Å². The Morgan fingerprint density at radius 2 is 1.46 bits per heavy atom. The third-order valence-corrected chi connectivity index (χ3v) is 9.75. The summed E-state index contributed by atoms with van der Waals surface area (Å²) < 4.78 is 8.47. The second-order valence-corrected chi connectivity index (χ2v) is 12.8. The first-order valence-electron chi connectivity index (χ1n) is 16.3. The van der Waals surface area contributed by atoms with Gasteiger partial charge in [0.05, 0.1) is 11.2 Å². The summed E-state index contributed by atoms with van der Waals surface area (Å²) in [5.74, 6) is 1.80. The summed E-state index contributed by atoms with van der Waals surface area (Å²) in [5.41, 5.74) is 11.3. The number of fused-ring (bicyclic) bond motifs is 8. The monoisotopic (exact) mass is 620 g/mol. The molecule has 0 fully saturated rings. The minimum Gasteiger partial charge on any atom is -0.456 e. The van der Waals surface area contributed by atoms with Crippen molar-refractivity contribution in [2.75, 3.05) is 0 Å². The van der Waals surface area contributed by atoms with Gasteiger partial charge in [-0.2, -0.15) is 9.97 Å². The van der Waals surface area contributed by atoms with Crippen LogP contribution < -0.4 is 0 Å². The number of hydrogen-bond donors (Lipinski definition) is 0. The molecule has 0 bridgehead atoms. The Labute approximate surface area is 278 Å². The fraction of sp³-hybridized carbons (Fsp3) is 0.0930. The summed E-state index contributed by atoms with van der Waals surface area (Å²) in [6.45, 7) is 10.8. The first-order valence-corrected chi connectivity index (χ1v) is 16.3. The molecule has 9 rings (SSSR count). The van der Waals surface area contributed by atoms with Gasteiger partial charge in [-0.05, 0) is 53.5 Å². The topological polar surface area (TPSA) is 56.7 Å². The van der Waals surface area contributed by atoms with Gasteiger partial charge in [0, 0.05) is 38.3 Å². The fourth-order valence-corrected chi connectivity index (χ4v) is 7.70. The quantitative estimate of drug-likeness (QED) is 0.192. The number of hydrogen-bond acceptors (Lipinski definition) is 4. The van der Waals surface area contributed by atoms with Gasteiger partial charge in [-0.15, -0.1) is 0 Å². The number of furan rings is 1. The van der Waals surface area contributed by atoms with Crippen molar-refractivity contribution in [2.45, 2.75) is 26.2 Å². The van der Waals surface area contributed by atoms with E-state index in [-0.39, 0.29) is 5.41 Å². The van der Waals surface area contributed by atoms with Crippen molar-refractivity contribution < 1.29 is 4.42 Å². The highest BCUT2D eigenvalue weighted by Gasteiger charge is 2.40. The van der Waals surface area contributed by atoms with E-state index in [1.165, 1.54) is 22.1 Å². The van der Waals surface area contributed by atoms with Crippen molar-refractivity contribution in [1.82, 2.24) is 19.5 Å². The summed E-state index contributed by atoms with van der Waals surface area (Å²) in [5, 5.41) is 3.40. The molecule has 0 radical (unpaired) electrons. The summed E-state index contributed by atoms with van der Waals surface area (Å²) >= 11 is 0. The number of nitrogens with zero attached hydrogens (tertiary/aromatic N) is 4. The van der Waals surface area contributed by atoms with Crippen molar-refractivity contribution in [1.29, 1.82) is 0 Å². The van der Waals surface area contributed by atoms with Crippen LogP contribution in [0.4, 0.5) is 0 Å². The smallest absolute Gasteiger partial charge is 0.238 e. The summed E-state index contributed by atoms with van der Waals surface area (Å²) in [6.07, 6.45) is 6.06. The molecule has 5 nitrogen and oxygen atoms in total. The number of allylic oxidation sites excluding steroid dienone is 1. The zero-order valence-electron chi connectivity index (χ0n) is 27.0. The van der Waals surface area contributed by atoms with Gasteiger partial charge in [-0.25, -0.2) is 4.98 Å². The minimum atomic E-state index is -0.278. The maximum atomic E-state index is 6.34. The van der Waals surface area contributed by atoms with E-state index in [1.54, 1.807) is 0 Å².